The second kappa shape index (κ2) is 11.7. The molecule has 0 spiro atoms. The molecule has 0 unspecified atom stereocenters. The second-order valence-electron chi connectivity index (χ2n) is 12.1. The zero-order valence-corrected chi connectivity index (χ0v) is 26.1. The van der Waals surface area contributed by atoms with Crippen LogP contribution in [-0.4, -0.2) is 15.0 Å². The summed E-state index contributed by atoms with van der Waals surface area (Å²) in [4.78, 5) is 15.4. The number of hydrogen-bond acceptors (Lipinski definition) is 3. The van der Waals surface area contributed by atoms with Gasteiger partial charge in [0.25, 0.3) is 0 Å². The fourth-order valence-electron chi connectivity index (χ4n) is 6.76. The van der Waals surface area contributed by atoms with E-state index in [1.807, 2.05) is 18.2 Å². The van der Waals surface area contributed by atoms with Crippen LogP contribution in [0.5, 0.6) is 0 Å². The quantitative estimate of drug-likeness (QED) is 0.182. The Morgan fingerprint density at radius 3 is 1.54 bits per heavy atom. The molecule has 3 nitrogen and oxygen atoms in total. The first-order valence-electron chi connectivity index (χ1n) is 16.2. The Labute approximate surface area is 278 Å². The smallest absolute Gasteiger partial charge is 0.164 e. The predicted molar refractivity (Wildman–Crippen MR) is 200 cm³/mol. The van der Waals surface area contributed by atoms with Crippen molar-refractivity contribution in [2.45, 2.75) is 0 Å². The van der Waals surface area contributed by atoms with E-state index in [2.05, 4.69) is 158 Å². The molecule has 9 aromatic rings. The third kappa shape index (κ3) is 4.99. The first kappa shape index (κ1) is 27.8. The molecule has 0 radical (unpaired) electrons. The van der Waals surface area contributed by atoms with E-state index in [1.165, 1.54) is 27.1 Å². The number of benzene rings is 8. The van der Waals surface area contributed by atoms with Crippen LogP contribution in [0, 0.1) is 0 Å². The summed E-state index contributed by atoms with van der Waals surface area (Å²) in [6.45, 7) is 0. The van der Waals surface area contributed by atoms with Crippen LogP contribution >= 0.6 is 0 Å². The summed E-state index contributed by atoms with van der Waals surface area (Å²) in [5.74, 6) is 1.93. The fraction of sp³-hybridized carbons (Fsp3) is 0. The zero-order valence-electron chi connectivity index (χ0n) is 26.1. The molecule has 1 aromatic heterocycles. The molecule has 8 aromatic carbocycles. The monoisotopic (exact) mass is 611 g/mol. The maximum Gasteiger partial charge on any atom is 0.164 e. The molecule has 224 valence electrons. The van der Waals surface area contributed by atoms with Crippen LogP contribution in [-0.2, 0) is 0 Å². The molecule has 9 rings (SSSR count). The van der Waals surface area contributed by atoms with Crippen molar-refractivity contribution in [3.05, 3.63) is 176 Å². The first-order valence-corrected chi connectivity index (χ1v) is 16.2. The number of aromatic nitrogens is 3. The highest BCUT2D eigenvalue weighted by Crippen LogP contribution is 2.39. The van der Waals surface area contributed by atoms with E-state index in [-0.39, 0.29) is 0 Å². The summed E-state index contributed by atoms with van der Waals surface area (Å²) in [5.41, 5.74) is 7.39. The van der Waals surface area contributed by atoms with Gasteiger partial charge in [-0.25, -0.2) is 15.0 Å². The lowest BCUT2D eigenvalue weighted by atomic mass is 9.90. The van der Waals surface area contributed by atoms with Crippen LogP contribution in [0.2, 0.25) is 0 Å². The summed E-state index contributed by atoms with van der Waals surface area (Å²) in [5, 5.41) is 7.17. The Morgan fingerprint density at radius 2 is 0.771 bits per heavy atom. The number of fused-ring (bicyclic) bond motifs is 4. The molecule has 0 N–H and O–H groups in total. The number of nitrogens with zero attached hydrogens (tertiary/aromatic N) is 3. The minimum absolute atomic E-state index is 0.635. The van der Waals surface area contributed by atoms with Gasteiger partial charge in [0.1, 0.15) is 0 Å². The van der Waals surface area contributed by atoms with Crippen LogP contribution in [0.3, 0.4) is 0 Å². The lowest BCUT2D eigenvalue weighted by molar-refractivity contribution is 1.08. The third-order valence-electron chi connectivity index (χ3n) is 9.08. The van der Waals surface area contributed by atoms with Gasteiger partial charge in [-0.15, -0.1) is 0 Å². The second-order valence-corrected chi connectivity index (χ2v) is 12.1. The highest BCUT2D eigenvalue weighted by Gasteiger charge is 2.17. The van der Waals surface area contributed by atoms with Crippen LogP contribution in [0.25, 0.3) is 88.7 Å². The molecule has 0 amide bonds. The average Bonchev–Trinajstić information content (AvgIpc) is 3.17. The van der Waals surface area contributed by atoms with E-state index in [0.717, 1.165) is 44.2 Å². The molecule has 0 bridgehead atoms. The minimum atomic E-state index is 0.635. The van der Waals surface area contributed by atoms with Gasteiger partial charge in [-0.05, 0) is 78.8 Å². The van der Waals surface area contributed by atoms with Gasteiger partial charge in [0, 0.05) is 16.7 Å². The predicted octanol–water partition coefficient (Wildman–Crippen LogP) is 11.7. The topological polar surface area (TPSA) is 38.7 Å². The molecular weight excluding hydrogens is 583 g/mol. The summed E-state index contributed by atoms with van der Waals surface area (Å²) >= 11 is 0. The summed E-state index contributed by atoms with van der Waals surface area (Å²) in [7, 11) is 0. The molecule has 0 aliphatic rings. The number of hydrogen-bond donors (Lipinski definition) is 0. The lowest BCUT2D eigenvalue weighted by Crippen LogP contribution is -2.01. The van der Waals surface area contributed by atoms with Crippen LogP contribution in [0.15, 0.2) is 176 Å². The van der Waals surface area contributed by atoms with E-state index < -0.39 is 0 Å². The van der Waals surface area contributed by atoms with Gasteiger partial charge < -0.3 is 0 Å². The largest absolute Gasteiger partial charge is 0.208 e. The molecular formula is C45H29N3. The molecule has 0 saturated heterocycles. The Kier molecular flexibility index (Phi) is 6.80. The Hall–Kier alpha value is -6.45. The van der Waals surface area contributed by atoms with Crippen molar-refractivity contribution >= 4 is 32.3 Å². The molecule has 0 aliphatic carbocycles. The van der Waals surface area contributed by atoms with Crippen molar-refractivity contribution in [2.24, 2.45) is 0 Å². The van der Waals surface area contributed by atoms with Gasteiger partial charge in [-0.1, -0.05) is 152 Å². The van der Waals surface area contributed by atoms with E-state index in [1.54, 1.807) is 0 Å². The zero-order chi connectivity index (χ0) is 31.9. The third-order valence-corrected chi connectivity index (χ3v) is 9.08. The maximum atomic E-state index is 5.21. The Balaban J connectivity index is 1.33. The standard InChI is InChI=1S/C45H29N3/c1-3-14-30(15-4-1)34-26-35(42-29-33-19-8-10-22-38(33)39-23-11-12-24-40(39)42)28-36(27-34)44-46-43(32-17-5-2-6-18-32)47-45(48-44)41-25-13-20-31-16-7-9-21-37(31)41/h1-29H. The van der Waals surface area contributed by atoms with Crippen molar-refractivity contribution in [1.29, 1.82) is 0 Å². The molecule has 1 heterocycles. The summed E-state index contributed by atoms with van der Waals surface area (Å²) in [6, 6.07) is 61.8. The highest BCUT2D eigenvalue weighted by molar-refractivity contribution is 6.14. The molecule has 48 heavy (non-hydrogen) atoms. The summed E-state index contributed by atoms with van der Waals surface area (Å²) in [6.07, 6.45) is 0. The average molecular weight is 612 g/mol. The van der Waals surface area contributed by atoms with Gasteiger partial charge in [0.05, 0.1) is 0 Å². The van der Waals surface area contributed by atoms with Gasteiger partial charge >= 0.3 is 0 Å². The van der Waals surface area contributed by atoms with E-state index >= 15 is 0 Å². The molecule has 0 atom stereocenters. The van der Waals surface area contributed by atoms with E-state index in [4.69, 9.17) is 15.0 Å². The Bertz CT molecular complexity index is 2600. The minimum Gasteiger partial charge on any atom is -0.208 e. The Morgan fingerprint density at radius 1 is 0.250 bits per heavy atom. The summed E-state index contributed by atoms with van der Waals surface area (Å²) < 4.78 is 0. The van der Waals surface area contributed by atoms with Crippen molar-refractivity contribution < 1.29 is 0 Å². The molecule has 3 heteroatoms. The first-order chi connectivity index (χ1) is 23.8. The molecule has 0 fully saturated rings. The lowest BCUT2D eigenvalue weighted by Gasteiger charge is -2.15. The highest BCUT2D eigenvalue weighted by atomic mass is 15.0. The van der Waals surface area contributed by atoms with E-state index in [9.17, 15) is 0 Å². The van der Waals surface area contributed by atoms with Crippen LogP contribution < -0.4 is 0 Å². The maximum absolute atomic E-state index is 5.21. The SMILES string of the molecule is c1ccc(-c2cc(-c3nc(-c4ccccc4)nc(-c4cccc5ccccc45)n3)cc(-c3cc4ccccc4c4ccccc34)c2)cc1. The van der Waals surface area contributed by atoms with Crippen LogP contribution in [0.4, 0.5) is 0 Å². The molecule has 0 saturated carbocycles. The van der Waals surface area contributed by atoms with Gasteiger partial charge in [-0.3, -0.25) is 0 Å². The fourth-order valence-corrected chi connectivity index (χ4v) is 6.76. The van der Waals surface area contributed by atoms with Crippen LogP contribution in [0.1, 0.15) is 0 Å². The van der Waals surface area contributed by atoms with Gasteiger partial charge in [-0.2, -0.15) is 0 Å². The molecule has 0 aliphatic heterocycles. The number of rotatable bonds is 5. The van der Waals surface area contributed by atoms with Crippen molar-refractivity contribution in [1.82, 2.24) is 15.0 Å². The van der Waals surface area contributed by atoms with Crippen molar-refractivity contribution in [2.75, 3.05) is 0 Å². The van der Waals surface area contributed by atoms with Crippen molar-refractivity contribution in [3.63, 3.8) is 0 Å². The van der Waals surface area contributed by atoms with Gasteiger partial charge in [0.2, 0.25) is 0 Å². The van der Waals surface area contributed by atoms with E-state index in [0.29, 0.717) is 17.5 Å². The van der Waals surface area contributed by atoms with Crippen molar-refractivity contribution in [3.8, 4) is 56.4 Å². The van der Waals surface area contributed by atoms with Gasteiger partial charge in [0.15, 0.2) is 17.5 Å². The normalized spacial score (nSPS) is 11.3.